The van der Waals surface area contributed by atoms with Gasteiger partial charge in [-0.1, -0.05) is 38.1 Å². The minimum absolute atomic E-state index is 0.0839. The summed E-state index contributed by atoms with van der Waals surface area (Å²) in [5, 5.41) is 11.0. The number of para-hydroxylation sites is 2. The van der Waals surface area contributed by atoms with Gasteiger partial charge in [-0.05, 0) is 18.1 Å². The van der Waals surface area contributed by atoms with Crippen LogP contribution in [0.5, 0.6) is 0 Å². The van der Waals surface area contributed by atoms with E-state index in [1.54, 1.807) is 12.1 Å². The Labute approximate surface area is 128 Å². The Bertz CT molecular complexity index is 837. The van der Waals surface area contributed by atoms with Crippen molar-refractivity contribution in [1.29, 1.82) is 0 Å². The second-order valence-electron chi connectivity index (χ2n) is 5.74. The quantitative estimate of drug-likeness (QED) is 0.533. The summed E-state index contributed by atoms with van der Waals surface area (Å²) < 4.78 is 2.14. The molecule has 3 aromatic rings. The summed E-state index contributed by atoms with van der Waals surface area (Å²) in [4.78, 5) is 15.3. The fraction of sp³-hybridized carbons (Fsp3) is 0.235. The second kappa shape index (κ2) is 5.60. The van der Waals surface area contributed by atoms with Crippen molar-refractivity contribution >= 4 is 16.7 Å². The number of nitro benzene ring substituents is 1. The van der Waals surface area contributed by atoms with E-state index in [1.807, 2.05) is 30.3 Å². The van der Waals surface area contributed by atoms with Gasteiger partial charge in [0.05, 0.1) is 16.0 Å². The number of rotatable bonds is 4. The van der Waals surface area contributed by atoms with Crippen LogP contribution in [0.15, 0.2) is 48.5 Å². The first-order valence-corrected chi connectivity index (χ1v) is 7.26. The van der Waals surface area contributed by atoms with Crippen molar-refractivity contribution in [2.75, 3.05) is 0 Å². The summed E-state index contributed by atoms with van der Waals surface area (Å²) in [6.07, 6.45) is 0. The molecule has 0 radical (unpaired) electrons. The highest BCUT2D eigenvalue weighted by Crippen LogP contribution is 2.28. The SMILES string of the molecule is CC(C)Cn1c(-c2cccc([N+](=O)[O-])c2)nc2ccccc21. The molecule has 0 atom stereocenters. The molecule has 112 valence electrons. The molecule has 2 aromatic carbocycles. The summed E-state index contributed by atoms with van der Waals surface area (Å²) in [7, 11) is 0. The zero-order valence-corrected chi connectivity index (χ0v) is 12.6. The van der Waals surface area contributed by atoms with Crippen LogP contribution in [-0.4, -0.2) is 14.5 Å². The van der Waals surface area contributed by atoms with Crippen molar-refractivity contribution in [3.63, 3.8) is 0 Å². The number of fused-ring (bicyclic) bond motifs is 1. The molecule has 0 amide bonds. The molecule has 0 aliphatic heterocycles. The minimum Gasteiger partial charge on any atom is -0.324 e. The van der Waals surface area contributed by atoms with E-state index >= 15 is 0 Å². The van der Waals surface area contributed by atoms with Crippen LogP contribution in [0.25, 0.3) is 22.4 Å². The molecule has 1 aromatic heterocycles. The van der Waals surface area contributed by atoms with Gasteiger partial charge >= 0.3 is 0 Å². The average Bonchev–Trinajstić information content (AvgIpc) is 2.86. The highest BCUT2D eigenvalue weighted by Gasteiger charge is 2.15. The molecule has 0 fully saturated rings. The van der Waals surface area contributed by atoms with E-state index in [0.29, 0.717) is 5.92 Å². The zero-order valence-electron chi connectivity index (χ0n) is 12.6. The lowest BCUT2D eigenvalue weighted by Gasteiger charge is -2.11. The van der Waals surface area contributed by atoms with Gasteiger partial charge in [-0.2, -0.15) is 0 Å². The lowest BCUT2D eigenvalue weighted by molar-refractivity contribution is -0.384. The van der Waals surface area contributed by atoms with Crippen molar-refractivity contribution < 1.29 is 4.92 Å². The number of imidazole rings is 1. The summed E-state index contributed by atoms with van der Waals surface area (Å²) in [6.45, 7) is 5.11. The number of nitro groups is 1. The monoisotopic (exact) mass is 295 g/mol. The normalized spacial score (nSPS) is 11.2. The number of benzene rings is 2. The number of nitrogens with zero attached hydrogens (tertiary/aromatic N) is 3. The van der Waals surface area contributed by atoms with E-state index in [-0.39, 0.29) is 10.6 Å². The molecule has 0 bridgehead atoms. The first kappa shape index (κ1) is 14.3. The predicted octanol–water partition coefficient (Wildman–Crippen LogP) is 4.27. The molecule has 0 aliphatic rings. The van der Waals surface area contributed by atoms with Gasteiger partial charge in [-0.3, -0.25) is 10.1 Å². The fourth-order valence-electron chi connectivity index (χ4n) is 2.60. The number of aromatic nitrogens is 2. The third kappa shape index (κ3) is 2.57. The molecular weight excluding hydrogens is 278 g/mol. The van der Waals surface area contributed by atoms with Crippen molar-refractivity contribution in [2.45, 2.75) is 20.4 Å². The largest absolute Gasteiger partial charge is 0.324 e. The standard InChI is InChI=1S/C17H17N3O2/c1-12(2)11-19-16-9-4-3-8-15(16)18-17(19)13-6-5-7-14(10-13)20(21)22/h3-10,12H,11H2,1-2H3. The average molecular weight is 295 g/mol. The topological polar surface area (TPSA) is 61.0 Å². The van der Waals surface area contributed by atoms with Gasteiger partial charge in [0.15, 0.2) is 0 Å². The van der Waals surface area contributed by atoms with Crippen LogP contribution in [-0.2, 0) is 6.54 Å². The summed E-state index contributed by atoms with van der Waals surface area (Å²) >= 11 is 0. The third-order valence-electron chi connectivity index (χ3n) is 3.52. The highest BCUT2D eigenvalue weighted by atomic mass is 16.6. The van der Waals surface area contributed by atoms with Crippen LogP contribution in [0.3, 0.4) is 0 Å². The van der Waals surface area contributed by atoms with Crippen molar-refractivity contribution in [1.82, 2.24) is 9.55 Å². The van der Waals surface area contributed by atoms with Crippen LogP contribution < -0.4 is 0 Å². The molecule has 5 nitrogen and oxygen atoms in total. The van der Waals surface area contributed by atoms with E-state index in [0.717, 1.165) is 29.0 Å². The first-order valence-electron chi connectivity index (χ1n) is 7.26. The first-order chi connectivity index (χ1) is 10.6. The Balaban J connectivity index is 2.21. The van der Waals surface area contributed by atoms with E-state index in [4.69, 9.17) is 0 Å². The van der Waals surface area contributed by atoms with Gasteiger partial charge in [-0.15, -0.1) is 0 Å². The van der Waals surface area contributed by atoms with E-state index in [1.165, 1.54) is 6.07 Å². The molecule has 0 N–H and O–H groups in total. The van der Waals surface area contributed by atoms with Gasteiger partial charge in [0.2, 0.25) is 0 Å². The second-order valence-corrected chi connectivity index (χ2v) is 5.74. The Hall–Kier alpha value is -2.69. The van der Waals surface area contributed by atoms with Crippen LogP contribution in [0.2, 0.25) is 0 Å². The van der Waals surface area contributed by atoms with Crippen LogP contribution in [0.1, 0.15) is 13.8 Å². The van der Waals surface area contributed by atoms with Gasteiger partial charge in [0, 0.05) is 24.2 Å². The smallest absolute Gasteiger partial charge is 0.270 e. The maximum Gasteiger partial charge on any atom is 0.270 e. The third-order valence-corrected chi connectivity index (χ3v) is 3.52. The van der Waals surface area contributed by atoms with Gasteiger partial charge in [0.25, 0.3) is 5.69 Å². The van der Waals surface area contributed by atoms with Crippen molar-refractivity contribution in [2.24, 2.45) is 5.92 Å². The van der Waals surface area contributed by atoms with Crippen LogP contribution in [0.4, 0.5) is 5.69 Å². The molecule has 0 saturated carbocycles. The highest BCUT2D eigenvalue weighted by molar-refractivity contribution is 5.81. The van der Waals surface area contributed by atoms with Gasteiger partial charge in [-0.25, -0.2) is 4.98 Å². The molecule has 1 heterocycles. The Morgan fingerprint density at radius 3 is 2.68 bits per heavy atom. The molecule has 0 aliphatic carbocycles. The molecule has 0 saturated heterocycles. The minimum atomic E-state index is -0.376. The van der Waals surface area contributed by atoms with Gasteiger partial charge in [0.1, 0.15) is 5.82 Å². The Morgan fingerprint density at radius 1 is 1.18 bits per heavy atom. The number of hydrogen-bond donors (Lipinski definition) is 0. The molecule has 5 heteroatoms. The maximum atomic E-state index is 11.0. The molecular formula is C17H17N3O2. The van der Waals surface area contributed by atoms with E-state index in [2.05, 4.69) is 23.4 Å². The predicted molar refractivity (Wildman–Crippen MR) is 86.7 cm³/mol. The van der Waals surface area contributed by atoms with Gasteiger partial charge < -0.3 is 4.57 Å². The van der Waals surface area contributed by atoms with Crippen molar-refractivity contribution in [3.05, 3.63) is 58.6 Å². The van der Waals surface area contributed by atoms with Crippen LogP contribution in [0, 0.1) is 16.0 Å². The number of non-ortho nitro benzene ring substituents is 1. The molecule has 22 heavy (non-hydrogen) atoms. The fourth-order valence-corrected chi connectivity index (χ4v) is 2.60. The Morgan fingerprint density at radius 2 is 1.95 bits per heavy atom. The lowest BCUT2D eigenvalue weighted by atomic mass is 10.1. The maximum absolute atomic E-state index is 11.0. The lowest BCUT2D eigenvalue weighted by Crippen LogP contribution is -2.06. The number of hydrogen-bond acceptors (Lipinski definition) is 3. The summed E-state index contributed by atoms with van der Waals surface area (Å²) in [6, 6.07) is 14.6. The Kier molecular flexibility index (Phi) is 3.63. The molecule has 3 rings (SSSR count). The molecule has 0 spiro atoms. The summed E-state index contributed by atoms with van der Waals surface area (Å²) in [5.74, 6) is 1.23. The van der Waals surface area contributed by atoms with Crippen molar-refractivity contribution in [3.8, 4) is 11.4 Å². The summed E-state index contributed by atoms with van der Waals surface area (Å²) in [5.41, 5.74) is 2.81. The zero-order chi connectivity index (χ0) is 15.7. The molecule has 0 unspecified atom stereocenters. The van der Waals surface area contributed by atoms with E-state index in [9.17, 15) is 10.1 Å². The van der Waals surface area contributed by atoms with Crippen LogP contribution >= 0.6 is 0 Å². The van der Waals surface area contributed by atoms with E-state index < -0.39 is 0 Å².